The zero-order valence-electron chi connectivity index (χ0n) is 18.9. The van der Waals surface area contributed by atoms with Crippen molar-refractivity contribution in [3.8, 4) is 5.75 Å². The minimum absolute atomic E-state index is 0.0754. The maximum atomic E-state index is 12.6. The summed E-state index contributed by atoms with van der Waals surface area (Å²) in [6, 6.07) is 4.66. The van der Waals surface area contributed by atoms with E-state index in [1.165, 1.54) is 10.5 Å². The van der Waals surface area contributed by atoms with Crippen LogP contribution in [0.25, 0.3) is 0 Å². The first-order valence-corrected chi connectivity index (χ1v) is 10.7. The van der Waals surface area contributed by atoms with Crippen LogP contribution in [0.1, 0.15) is 31.4 Å². The van der Waals surface area contributed by atoms with Crippen molar-refractivity contribution in [1.82, 2.24) is 20.4 Å². The van der Waals surface area contributed by atoms with Gasteiger partial charge in [0.1, 0.15) is 24.6 Å². The lowest BCUT2D eigenvalue weighted by molar-refractivity contribution is -0.127. The second kappa shape index (κ2) is 9.55. The van der Waals surface area contributed by atoms with Gasteiger partial charge in [0, 0.05) is 13.6 Å². The number of imide groups is 1. The molecule has 0 saturated carbocycles. The molecule has 9 nitrogen and oxygen atoms in total. The SMILES string of the molecule is Cc1ccc(OCC(O)CN2C(=NCCC(C)C)NC3C2C(=O)NC(=O)N3C)cc1C. The Morgan fingerprint density at radius 3 is 2.65 bits per heavy atom. The first-order valence-electron chi connectivity index (χ1n) is 10.7. The average Bonchev–Trinajstić information content (AvgIpc) is 3.05. The number of aliphatic hydroxyl groups is 1. The van der Waals surface area contributed by atoms with E-state index in [-0.39, 0.29) is 13.2 Å². The van der Waals surface area contributed by atoms with E-state index >= 15 is 0 Å². The van der Waals surface area contributed by atoms with Crippen molar-refractivity contribution in [2.75, 3.05) is 26.7 Å². The van der Waals surface area contributed by atoms with Gasteiger partial charge in [0.25, 0.3) is 5.91 Å². The molecule has 2 aliphatic heterocycles. The summed E-state index contributed by atoms with van der Waals surface area (Å²) >= 11 is 0. The number of likely N-dealkylation sites (N-methyl/N-ethyl adjacent to an activating group) is 1. The lowest BCUT2D eigenvalue weighted by Crippen LogP contribution is -2.65. The van der Waals surface area contributed by atoms with Crippen LogP contribution in [0.3, 0.4) is 0 Å². The standard InChI is InChI=1S/C22H33N5O4/c1-13(2)8-9-23-21-24-19-18(20(29)25-22(30)26(19)5)27(21)11-16(28)12-31-17-7-6-14(3)15(4)10-17/h6-7,10,13,16,18-19,28H,8-9,11-12H2,1-5H3,(H,23,24)(H,25,29,30). The molecule has 0 radical (unpaired) electrons. The highest BCUT2D eigenvalue weighted by molar-refractivity contribution is 6.04. The van der Waals surface area contributed by atoms with Gasteiger partial charge in [-0.3, -0.25) is 15.1 Å². The van der Waals surface area contributed by atoms with E-state index in [1.54, 1.807) is 11.9 Å². The van der Waals surface area contributed by atoms with Gasteiger partial charge in [0.2, 0.25) is 0 Å². The molecule has 2 saturated heterocycles. The number of carbonyl (C=O) groups excluding carboxylic acids is 2. The number of nitrogens with one attached hydrogen (secondary N) is 2. The lowest BCUT2D eigenvalue weighted by Gasteiger charge is -2.35. The molecule has 2 fully saturated rings. The summed E-state index contributed by atoms with van der Waals surface area (Å²) in [6.07, 6.45) is -0.492. The predicted molar refractivity (Wildman–Crippen MR) is 118 cm³/mol. The Kier molecular flexibility index (Phi) is 7.04. The number of ether oxygens (including phenoxy) is 1. The smallest absolute Gasteiger partial charge is 0.325 e. The minimum atomic E-state index is -0.854. The highest BCUT2D eigenvalue weighted by Crippen LogP contribution is 2.22. The van der Waals surface area contributed by atoms with Gasteiger partial charge in [-0.2, -0.15) is 0 Å². The zero-order chi connectivity index (χ0) is 22.7. The van der Waals surface area contributed by atoms with Crippen molar-refractivity contribution in [2.24, 2.45) is 10.9 Å². The molecule has 3 atom stereocenters. The second-order valence-corrected chi connectivity index (χ2v) is 8.69. The molecule has 3 rings (SSSR count). The largest absolute Gasteiger partial charge is 0.491 e. The summed E-state index contributed by atoms with van der Waals surface area (Å²) in [4.78, 5) is 32.4. The topological polar surface area (TPSA) is 106 Å². The number of aliphatic hydroxyl groups excluding tert-OH is 1. The van der Waals surface area contributed by atoms with Crippen LogP contribution >= 0.6 is 0 Å². The highest BCUT2D eigenvalue weighted by Gasteiger charge is 2.50. The monoisotopic (exact) mass is 431 g/mol. The van der Waals surface area contributed by atoms with Gasteiger partial charge in [-0.1, -0.05) is 19.9 Å². The van der Waals surface area contributed by atoms with E-state index in [0.717, 1.165) is 12.0 Å². The average molecular weight is 432 g/mol. The van der Waals surface area contributed by atoms with E-state index < -0.39 is 30.2 Å². The first kappa shape index (κ1) is 22.9. The molecule has 9 heteroatoms. The van der Waals surface area contributed by atoms with Crippen LogP contribution in [-0.2, 0) is 4.79 Å². The Bertz CT molecular complexity index is 856. The maximum Gasteiger partial charge on any atom is 0.325 e. The van der Waals surface area contributed by atoms with Crippen molar-refractivity contribution in [2.45, 2.75) is 52.4 Å². The molecule has 2 aliphatic rings. The van der Waals surface area contributed by atoms with Crippen molar-refractivity contribution in [3.05, 3.63) is 29.3 Å². The van der Waals surface area contributed by atoms with Gasteiger partial charge in [-0.05, 0) is 49.4 Å². The Morgan fingerprint density at radius 1 is 1.23 bits per heavy atom. The number of rotatable bonds is 8. The van der Waals surface area contributed by atoms with E-state index in [4.69, 9.17) is 4.74 Å². The summed E-state index contributed by atoms with van der Waals surface area (Å²) in [6.45, 7) is 9.09. The van der Waals surface area contributed by atoms with Crippen LogP contribution in [0, 0.1) is 19.8 Å². The van der Waals surface area contributed by atoms with Gasteiger partial charge in [-0.15, -0.1) is 0 Å². The summed E-state index contributed by atoms with van der Waals surface area (Å²) in [5, 5.41) is 16.2. The normalized spacial score (nSPS) is 23.1. The third-order valence-electron chi connectivity index (χ3n) is 5.72. The summed E-state index contributed by atoms with van der Waals surface area (Å²) in [5.41, 5.74) is 2.29. The third-order valence-corrected chi connectivity index (χ3v) is 5.72. The van der Waals surface area contributed by atoms with E-state index in [9.17, 15) is 14.7 Å². The number of aliphatic imine (C=N–C) groups is 1. The van der Waals surface area contributed by atoms with Crippen molar-refractivity contribution >= 4 is 17.9 Å². The molecule has 0 spiro atoms. The van der Waals surface area contributed by atoms with Crippen LogP contribution in [-0.4, -0.2) is 77.9 Å². The Hall–Kier alpha value is -2.81. The molecule has 3 amide bonds. The number of β-amino-alcohol motifs (C(OH)–C–C–N with tert-alkyl or cyclic N) is 1. The van der Waals surface area contributed by atoms with E-state index in [1.807, 2.05) is 32.0 Å². The Labute approximate surface area is 183 Å². The fourth-order valence-electron chi connectivity index (χ4n) is 3.62. The fraction of sp³-hybridized carbons (Fsp3) is 0.591. The summed E-state index contributed by atoms with van der Waals surface area (Å²) in [5.74, 6) is 1.28. The Morgan fingerprint density at radius 2 is 1.97 bits per heavy atom. The molecule has 1 aromatic carbocycles. The lowest BCUT2D eigenvalue weighted by atomic mass is 10.1. The van der Waals surface area contributed by atoms with Crippen LogP contribution in [0.2, 0.25) is 0 Å². The molecule has 2 heterocycles. The zero-order valence-corrected chi connectivity index (χ0v) is 18.9. The third kappa shape index (κ3) is 5.28. The first-order chi connectivity index (χ1) is 14.7. The molecule has 1 aromatic rings. The number of carbonyl (C=O) groups is 2. The number of fused-ring (bicyclic) bond motifs is 1. The number of nitrogens with zero attached hydrogens (tertiary/aromatic N) is 3. The fourth-order valence-corrected chi connectivity index (χ4v) is 3.62. The van der Waals surface area contributed by atoms with Crippen molar-refractivity contribution < 1.29 is 19.4 Å². The number of guanidine groups is 1. The molecule has 3 unspecified atom stereocenters. The number of hydrogen-bond acceptors (Lipinski definition) is 5. The van der Waals surface area contributed by atoms with E-state index in [0.29, 0.717) is 24.2 Å². The van der Waals surface area contributed by atoms with Crippen LogP contribution in [0.4, 0.5) is 4.79 Å². The van der Waals surface area contributed by atoms with Crippen LogP contribution in [0.5, 0.6) is 5.75 Å². The van der Waals surface area contributed by atoms with Crippen LogP contribution < -0.4 is 15.4 Å². The molecule has 31 heavy (non-hydrogen) atoms. The summed E-state index contributed by atoms with van der Waals surface area (Å²) in [7, 11) is 1.63. The van der Waals surface area contributed by atoms with Gasteiger partial charge in [0.05, 0.1) is 6.54 Å². The maximum absolute atomic E-state index is 12.6. The minimum Gasteiger partial charge on any atom is -0.491 e. The number of benzene rings is 1. The quantitative estimate of drug-likeness (QED) is 0.572. The van der Waals surface area contributed by atoms with Gasteiger partial charge in [0.15, 0.2) is 12.0 Å². The second-order valence-electron chi connectivity index (χ2n) is 8.69. The van der Waals surface area contributed by atoms with E-state index in [2.05, 4.69) is 29.5 Å². The summed E-state index contributed by atoms with van der Waals surface area (Å²) < 4.78 is 5.76. The number of hydrogen-bond donors (Lipinski definition) is 3. The number of amides is 3. The molecular formula is C22H33N5O4. The highest BCUT2D eigenvalue weighted by atomic mass is 16.5. The molecule has 0 bridgehead atoms. The van der Waals surface area contributed by atoms with Crippen LogP contribution in [0.15, 0.2) is 23.2 Å². The van der Waals surface area contributed by atoms with Gasteiger partial charge < -0.3 is 25.0 Å². The Balaban J connectivity index is 1.71. The molecule has 0 aromatic heterocycles. The van der Waals surface area contributed by atoms with Crippen molar-refractivity contribution in [1.29, 1.82) is 0 Å². The van der Waals surface area contributed by atoms with Gasteiger partial charge >= 0.3 is 6.03 Å². The number of aryl methyl sites for hydroxylation is 2. The predicted octanol–water partition coefficient (Wildman–Crippen LogP) is 1.23. The molecule has 0 aliphatic carbocycles. The van der Waals surface area contributed by atoms with Crippen molar-refractivity contribution in [3.63, 3.8) is 0 Å². The number of urea groups is 1. The van der Waals surface area contributed by atoms with Gasteiger partial charge in [-0.25, -0.2) is 4.79 Å². The molecule has 3 N–H and O–H groups in total. The molecular weight excluding hydrogens is 398 g/mol. The molecule has 170 valence electrons.